The van der Waals surface area contributed by atoms with Gasteiger partial charge in [0.05, 0.1) is 6.54 Å². The smallest absolute Gasteiger partial charge is 0.410 e. The molecule has 0 N–H and O–H groups in total. The number of carbonyl (C=O) groups is 2. The normalized spacial score (nSPS) is 14.4. The topological polar surface area (TPSA) is 62.3 Å². The predicted molar refractivity (Wildman–Crippen MR) is 145 cm³/mol. The Hall–Kier alpha value is -2.29. The van der Waals surface area contributed by atoms with Crippen LogP contribution >= 0.6 is 27.5 Å². The van der Waals surface area contributed by atoms with E-state index in [0.717, 1.165) is 21.2 Å². The van der Waals surface area contributed by atoms with E-state index in [4.69, 9.17) is 21.1 Å². The van der Waals surface area contributed by atoms with Crippen LogP contribution in [0.4, 0.5) is 9.59 Å². The maximum Gasteiger partial charge on any atom is 0.410 e. The monoisotopic (exact) mass is 579 g/mol. The standard InChI is InChI=1S/C27H35BrClN3O4/c1-20-23(28)11-10-22(24(20)29)18-32(26(34)36-27(2,3)4)17-14-30-12-15-31(16-13-30)25(33)35-19-21-8-6-5-7-9-21/h5-11H,12-19H2,1-4H3. The van der Waals surface area contributed by atoms with Crippen LogP contribution in [0.5, 0.6) is 0 Å². The van der Waals surface area contributed by atoms with Gasteiger partial charge in [-0.1, -0.05) is 63.9 Å². The Balaban J connectivity index is 1.54. The summed E-state index contributed by atoms with van der Waals surface area (Å²) in [5.74, 6) is 0. The van der Waals surface area contributed by atoms with Gasteiger partial charge >= 0.3 is 12.2 Å². The molecule has 2 aromatic carbocycles. The summed E-state index contributed by atoms with van der Waals surface area (Å²) in [4.78, 5) is 31.1. The largest absolute Gasteiger partial charge is 0.445 e. The van der Waals surface area contributed by atoms with E-state index < -0.39 is 5.60 Å². The second-order valence-electron chi connectivity index (χ2n) is 9.92. The molecule has 1 fully saturated rings. The van der Waals surface area contributed by atoms with E-state index >= 15 is 0 Å². The van der Waals surface area contributed by atoms with Crippen LogP contribution in [-0.4, -0.2) is 71.8 Å². The number of rotatable bonds is 7. The van der Waals surface area contributed by atoms with Crippen molar-refractivity contribution in [2.45, 2.75) is 46.4 Å². The first-order valence-corrected chi connectivity index (χ1v) is 13.3. The van der Waals surface area contributed by atoms with Crippen molar-refractivity contribution in [3.05, 3.63) is 68.7 Å². The van der Waals surface area contributed by atoms with Crippen LogP contribution in [0.2, 0.25) is 5.02 Å². The molecule has 1 saturated heterocycles. The number of hydrogen-bond donors (Lipinski definition) is 0. The minimum atomic E-state index is -0.597. The Morgan fingerprint density at radius 3 is 2.36 bits per heavy atom. The van der Waals surface area contributed by atoms with Crippen molar-refractivity contribution in [2.24, 2.45) is 0 Å². The van der Waals surface area contributed by atoms with Gasteiger partial charge in [0.2, 0.25) is 0 Å². The Kier molecular flexibility index (Phi) is 10.0. The summed E-state index contributed by atoms with van der Waals surface area (Å²) in [5.41, 5.74) is 2.18. The molecule has 2 aromatic rings. The highest BCUT2D eigenvalue weighted by Gasteiger charge is 2.26. The molecular weight excluding hydrogens is 546 g/mol. The molecule has 0 aliphatic carbocycles. The van der Waals surface area contributed by atoms with Gasteiger partial charge in [-0.25, -0.2) is 9.59 Å². The van der Waals surface area contributed by atoms with Gasteiger partial charge in [0, 0.05) is 48.8 Å². The third kappa shape index (κ3) is 8.39. The van der Waals surface area contributed by atoms with Crippen LogP contribution in [0.25, 0.3) is 0 Å². The zero-order valence-electron chi connectivity index (χ0n) is 21.4. The van der Waals surface area contributed by atoms with Crippen molar-refractivity contribution < 1.29 is 19.1 Å². The van der Waals surface area contributed by atoms with Gasteiger partial charge < -0.3 is 19.3 Å². The molecule has 0 spiro atoms. The minimum absolute atomic E-state index is 0.267. The molecule has 7 nitrogen and oxygen atoms in total. The lowest BCUT2D eigenvalue weighted by Crippen LogP contribution is -2.51. The van der Waals surface area contributed by atoms with Crippen molar-refractivity contribution in [1.82, 2.24) is 14.7 Å². The summed E-state index contributed by atoms with van der Waals surface area (Å²) in [6, 6.07) is 13.5. The molecule has 0 saturated carbocycles. The lowest BCUT2D eigenvalue weighted by Gasteiger charge is -2.35. The fourth-order valence-electron chi connectivity index (χ4n) is 3.83. The Labute approximate surface area is 227 Å². The molecule has 1 aliphatic heterocycles. The van der Waals surface area contributed by atoms with Gasteiger partial charge in [0.1, 0.15) is 12.2 Å². The van der Waals surface area contributed by atoms with Crippen molar-refractivity contribution in [2.75, 3.05) is 39.3 Å². The van der Waals surface area contributed by atoms with E-state index in [0.29, 0.717) is 50.8 Å². The maximum absolute atomic E-state index is 13.0. The fraction of sp³-hybridized carbons (Fsp3) is 0.481. The summed E-state index contributed by atoms with van der Waals surface area (Å²) in [6.45, 7) is 11.9. The number of benzene rings is 2. The first kappa shape index (κ1) is 28.3. The zero-order chi connectivity index (χ0) is 26.3. The second kappa shape index (κ2) is 12.8. The van der Waals surface area contributed by atoms with Gasteiger partial charge in [-0.05, 0) is 50.5 Å². The Morgan fingerprint density at radius 1 is 1.06 bits per heavy atom. The molecule has 0 aromatic heterocycles. The maximum atomic E-state index is 13.0. The van der Waals surface area contributed by atoms with Crippen LogP contribution in [0, 0.1) is 6.92 Å². The van der Waals surface area contributed by atoms with Gasteiger partial charge in [-0.15, -0.1) is 0 Å². The van der Waals surface area contributed by atoms with Crippen molar-refractivity contribution in [1.29, 1.82) is 0 Å². The predicted octanol–water partition coefficient (Wildman–Crippen LogP) is 6.10. The molecule has 0 bridgehead atoms. The van der Waals surface area contributed by atoms with E-state index in [1.54, 1.807) is 9.80 Å². The number of nitrogens with zero attached hydrogens (tertiary/aromatic N) is 3. The summed E-state index contributed by atoms with van der Waals surface area (Å²) in [6.07, 6.45) is -0.670. The van der Waals surface area contributed by atoms with E-state index in [1.807, 2.05) is 70.2 Å². The third-order valence-electron chi connectivity index (χ3n) is 5.93. The molecule has 2 amide bonds. The van der Waals surface area contributed by atoms with Crippen molar-refractivity contribution in [3.63, 3.8) is 0 Å². The highest BCUT2D eigenvalue weighted by atomic mass is 79.9. The molecule has 0 atom stereocenters. The van der Waals surface area contributed by atoms with Gasteiger partial charge in [-0.3, -0.25) is 4.90 Å². The van der Waals surface area contributed by atoms with E-state index in [9.17, 15) is 9.59 Å². The molecule has 36 heavy (non-hydrogen) atoms. The van der Waals surface area contributed by atoms with Crippen LogP contribution in [0.15, 0.2) is 46.9 Å². The quantitative estimate of drug-likeness (QED) is 0.396. The summed E-state index contributed by atoms with van der Waals surface area (Å²) in [7, 11) is 0. The van der Waals surface area contributed by atoms with Crippen molar-refractivity contribution in [3.8, 4) is 0 Å². The average molecular weight is 581 g/mol. The van der Waals surface area contributed by atoms with E-state index in [-0.39, 0.29) is 18.8 Å². The number of piperazine rings is 1. The fourth-order valence-corrected chi connectivity index (χ4v) is 4.50. The average Bonchev–Trinajstić information content (AvgIpc) is 2.84. The Morgan fingerprint density at radius 2 is 1.72 bits per heavy atom. The number of carbonyl (C=O) groups excluding carboxylic acids is 2. The Bertz CT molecular complexity index is 1040. The van der Waals surface area contributed by atoms with E-state index in [2.05, 4.69) is 20.8 Å². The highest BCUT2D eigenvalue weighted by Crippen LogP contribution is 2.28. The first-order chi connectivity index (χ1) is 17.0. The summed E-state index contributed by atoms with van der Waals surface area (Å²) in [5, 5.41) is 0.639. The summed E-state index contributed by atoms with van der Waals surface area (Å²) >= 11 is 10.1. The van der Waals surface area contributed by atoms with Crippen LogP contribution < -0.4 is 0 Å². The highest BCUT2D eigenvalue weighted by molar-refractivity contribution is 9.10. The molecule has 0 unspecified atom stereocenters. The number of ether oxygens (including phenoxy) is 2. The van der Waals surface area contributed by atoms with Crippen LogP contribution in [0.1, 0.15) is 37.5 Å². The van der Waals surface area contributed by atoms with Crippen LogP contribution in [0.3, 0.4) is 0 Å². The number of hydrogen-bond acceptors (Lipinski definition) is 5. The van der Waals surface area contributed by atoms with E-state index in [1.165, 1.54) is 0 Å². The molecule has 3 rings (SSSR count). The summed E-state index contributed by atoms with van der Waals surface area (Å²) < 4.78 is 12.1. The van der Waals surface area contributed by atoms with Crippen LogP contribution in [-0.2, 0) is 22.6 Å². The zero-order valence-corrected chi connectivity index (χ0v) is 23.8. The molecule has 1 aliphatic rings. The second-order valence-corrected chi connectivity index (χ2v) is 11.1. The lowest BCUT2D eigenvalue weighted by molar-refractivity contribution is 0.0200. The van der Waals surface area contributed by atoms with Gasteiger partial charge in [0.15, 0.2) is 0 Å². The molecule has 1 heterocycles. The van der Waals surface area contributed by atoms with Gasteiger partial charge in [-0.2, -0.15) is 0 Å². The SMILES string of the molecule is Cc1c(Br)ccc(CN(CCN2CCN(C(=O)OCc3ccccc3)CC2)C(=O)OC(C)(C)C)c1Cl. The molecule has 9 heteroatoms. The minimum Gasteiger partial charge on any atom is -0.445 e. The van der Waals surface area contributed by atoms with Crippen molar-refractivity contribution >= 4 is 39.7 Å². The van der Waals surface area contributed by atoms with Gasteiger partial charge in [0.25, 0.3) is 0 Å². The first-order valence-electron chi connectivity index (χ1n) is 12.1. The lowest BCUT2D eigenvalue weighted by atomic mass is 10.1. The number of amides is 2. The third-order valence-corrected chi connectivity index (χ3v) is 7.32. The molecular formula is C27H35BrClN3O4. The number of halogens is 2. The molecule has 0 radical (unpaired) electrons. The molecule has 196 valence electrons.